The van der Waals surface area contributed by atoms with E-state index in [-0.39, 0.29) is 11.5 Å². The van der Waals surface area contributed by atoms with Gasteiger partial charge in [0, 0.05) is 50.1 Å². The Hall–Kier alpha value is -2.38. The molecule has 0 aliphatic carbocycles. The number of thiocarbonyl (C=S) groups is 1. The smallest absolute Gasteiger partial charge is 0.267 e. The molecule has 5 rings (SSSR count). The van der Waals surface area contributed by atoms with Crippen molar-refractivity contribution in [3.8, 4) is 0 Å². The second-order valence-electron chi connectivity index (χ2n) is 8.21. The van der Waals surface area contributed by atoms with Crippen molar-refractivity contribution in [1.82, 2.24) is 14.4 Å². The van der Waals surface area contributed by atoms with Crippen LogP contribution in [-0.4, -0.2) is 44.2 Å². The van der Waals surface area contributed by atoms with Gasteiger partial charge in [0.15, 0.2) is 0 Å². The zero-order chi connectivity index (χ0) is 20.7. The van der Waals surface area contributed by atoms with Gasteiger partial charge in [-0.25, -0.2) is 0 Å². The third-order valence-corrected chi connectivity index (χ3v) is 7.51. The van der Waals surface area contributed by atoms with Crippen molar-refractivity contribution in [1.29, 1.82) is 0 Å². The molecule has 0 N–H and O–H groups in total. The zero-order valence-electron chi connectivity index (χ0n) is 16.6. The molecule has 3 aliphatic heterocycles. The quantitative estimate of drug-likeness (QED) is 0.543. The average Bonchev–Trinajstić information content (AvgIpc) is 3.00. The fourth-order valence-corrected chi connectivity index (χ4v) is 6.09. The maximum atomic E-state index is 13.0. The monoisotopic (exact) mass is 437 g/mol. The number of rotatable bonds is 4. The number of benzene rings is 1. The van der Waals surface area contributed by atoms with Gasteiger partial charge in [-0.3, -0.25) is 14.5 Å². The van der Waals surface area contributed by atoms with Crippen LogP contribution >= 0.6 is 24.0 Å². The molecule has 1 aromatic carbocycles. The minimum Gasteiger partial charge on any atom is -0.375 e. The standard InChI is InChI=1S/C23H23N3O2S2/c27-21-8-4-7-19-18-11-17(13-26(19)21)12-24(14-18)15-20-22(28)25(23(29)30-20)10-9-16-5-2-1-3-6-16/h1-8,15,17-18H,9-14H2/b20-15-/t17-,18+/m1/s1. The van der Waals surface area contributed by atoms with Crippen LogP contribution in [0.25, 0.3) is 0 Å². The van der Waals surface area contributed by atoms with Crippen molar-refractivity contribution < 1.29 is 4.79 Å². The molecule has 3 aliphatic rings. The fraction of sp³-hybridized carbons (Fsp3) is 0.348. The van der Waals surface area contributed by atoms with E-state index in [1.807, 2.05) is 35.0 Å². The SMILES string of the molecule is O=C1/C(=C/N2C[C@H]3C[C@@H](C2)c2cccc(=O)n2C3)SC(=S)N1CCc1ccccc1. The lowest BCUT2D eigenvalue weighted by molar-refractivity contribution is -0.122. The van der Waals surface area contributed by atoms with Crippen LogP contribution in [0, 0.1) is 5.92 Å². The summed E-state index contributed by atoms with van der Waals surface area (Å²) in [5, 5.41) is 0. The number of piperidine rings is 1. The fourth-order valence-electron chi connectivity index (χ4n) is 4.77. The number of fused-ring (bicyclic) bond motifs is 4. The maximum Gasteiger partial charge on any atom is 0.267 e. The Morgan fingerprint density at radius 2 is 1.87 bits per heavy atom. The molecule has 2 saturated heterocycles. The lowest BCUT2D eigenvalue weighted by atomic mass is 9.83. The first-order valence-corrected chi connectivity index (χ1v) is 11.5. The molecule has 5 nitrogen and oxygen atoms in total. The van der Waals surface area contributed by atoms with E-state index < -0.39 is 0 Å². The lowest BCUT2D eigenvalue weighted by Gasteiger charge is -2.42. The molecule has 30 heavy (non-hydrogen) atoms. The van der Waals surface area contributed by atoms with Crippen molar-refractivity contribution in [3.63, 3.8) is 0 Å². The molecule has 0 saturated carbocycles. The number of pyridine rings is 1. The van der Waals surface area contributed by atoms with Gasteiger partial charge < -0.3 is 9.47 Å². The van der Waals surface area contributed by atoms with Crippen molar-refractivity contribution in [2.75, 3.05) is 19.6 Å². The number of amides is 1. The van der Waals surface area contributed by atoms with Crippen molar-refractivity contribution in [3.05, 3.63) is 81.2 Å². The van der Waals surface area contributed by atoms with Gasteiger partial charge in [0.1, 0.15) is 4.32 Å². The molecule has 1 aromatic heterocycles. The number of likely N-dealkylation sites (tertiary alicyclic amines) is 1. The molecular formula is C23H23N3O2S2. The third kappa shape index (κ3) is 3.72. The number of nitrogens with zero attached hydrogens (tertiary/aromatic N) is 3. The van der Waals surface area contributed by atoms with Gasteiger partial charge in [-0.2, -0.15) is 0 Å². The maximum absolute atomic E-state index is 13.0. The Kier molecular flexibility index (Phi) is 5.25. The first-order valence-electron chi connectivity index (χ1n) is 10.3. The van der Waals surface area contributed by atoms with E-state index in [4.69, 9.17) is 12.2 Å². The molecular weight excluding hydrogens is 414 g/mol. The molecule has 7 heteroatoms. The summed E-state index contributed by atoms with van der Waals surface area (Å²) in [5.41, 5.74) is 2.41. The molecule has 4 heterocycles. The predicted octanol–water partition coefficient (Wildman–Crippen LogP) is 3.21. The molecule has 2 fully saturated rings. The molecule has 0 spiro atoms. The minimum absolute atomic E-state index is 0.00767. The summed E-state index contributed by atoms with van der Waals surface area (Å²) >= 11 is 6.89. The van der Waals surface area contributed by atoms with E-state index in [1.54, 1.807) is 11.0 Å². The number of hydrogen-bond donors (Lipinski definition) is 0. The number of thioether (sulfide) groups is 1. The van der Waals surface area contributed by atoms with Crippen molar-refractivity contribution >= 4 is 34.2 Å². The minimum atomic E-state index is 0.00767. The van der Waals surface area contributed by atoms with E-state index in [1.165, 1.54) is 17.3 Å². The number of carbonyl (C=O) groups is 1. The molecule has 0 radical (unpaired) electrons. The molecule has 154 valence electrons. The largest absolute Gasteiger partial charge is 0.375 e. The Morgan fingerprint density at radius 1 is 1.03 bits per heavy atom. The highest BCUT2D eigenvalue weighted by molar-refractivity contribution is 8.26. The van der Waals surface area contributed by atoms with E-state index in [0.29, 0.717) is 27.6 Å². The summed E-state index contributed by atoms with van der Waals surface area (Å²) in [6, 6.07) is 15.7. The highest BCUT2D eigenvalue weighted by Crippen LogP contribution is 2.37. The van der Waals surface area contributed by atoms with E-state index in [0.717, 1.165) is 38.2 Å². The van der Waals surface area contributed by atoms with E-state index in [2.05, 4.69) is 23.1 Å². The second kappa shape index (κ2) is 8.04. The van der Waals surface area contributed by atoms with Gasteiger partial charge in [-0.05, 0) is 30.4 Å². The summed E-state index contributed by atoms with van der Waals surface area (Å²) < 4.78 is 2.57. The number of hydrogen-bond acceptors (Lipinski definition) is 5. The van der Waals surface area contributed by atoms with Gasteiger partial charge in [0.25, 0.3) is 11.5 Å². The van der Waals surface area contributed by atoms with Crippen LogP contribution in [0.4, 0.5) is 0 Å². The van der Waals surface area contributed by atoms with Crippen LogP contribution in [0.15, 0.2) is 64.4 Å². The Morgan fingerprint density at radius 3 is 2.70 bits per heavy atom. The third-order valence-electron chi connectivity index (χ3n) is 6.15. The zero-order valence-corrected chi connectivity index (χ0v) is 18.2. The molecule has 2 atom stereocenters. The van der Waals surface area contributed by atoms with E-state index >= 15 is 0 Å². The normalized spacial score (nSPS) is 24.5. The van der Waals surface area contributed by atoms with Crippen LogP contribution in [0.5, 0.6) is 0 Å². The van der Waals surface area contributed by atoms with E-state index in [9.17, 15) is 9.59 Å². The number of aromatic nitrogens is 1. The van der Waals surface area contributed by atoms with Gasteiger partial charge in [0.2, 0.25) is 0 Å². The Balaban J connectivity index is 1.29. The molecule has 2 bridgehead atoms. The summed E-state index contributed by atoms with van der Waals surface area (Å²) in [4.78, 5) is 29.9. The molecule has 2 aromatic rings. The van der Waals surface area contributed by atoms with Crippen LogP contribution < -0.4 is 5.56 Å². The van der Waals surface area contributed by atoms with Gasteiger partial charge >= 0.3 is 0 Å². The Bertz CT molecular complexity index is 1080. The van der Waals surface area contributed by atoms with Crippen LogP contribution in [-0.2, 0) is 17.8 Å². The summed E-state index contributed by atoms with van der Waals surface area (Å²) in [7, 11) is 0. The number of carbonyl (C=O) groups excluding carboxylic acids is 1. The van der Waals surface area contributed by atoms with Crippen molar-refractivity contribution in [2.24, 2.45) is 5.92 Å². The highest BCUT2D eigenvalue weighted by Gasteiger charge is 2.36. The van der Waals surface area contributed by atoms with Gasteiger partial charge in [0.05, 0.1) is 4.91 Å². The summed E-state index contributed by atoms with van der Waals surface area (Å²) in [6.07, 6.45) is 3.89. The molecule has 0 unspecified atom stereocenters. The summed E-state index contributed by atoms with van der Waals surface area (Å²) in [5.74, 6) is 0.759. The first-order chi connectivity index (χ1) is 14.6. The lowest BCUT2D eigenvalue weighted by Crippen LogP contribution is -2.45. The highest BCUT2D eigenvalue weighted by atomic mass is 32.2. The van der Waals surface area contributed by atoms with Gasteiger partial charge in [-0.15, -0.1) is 0 Å². The van der Waals surface area contributed by atoms with Crippen LogP contribution in [0.2, 0.25) is 0 Å². The Labute approximate surface area is 185 Å². The van der Waals surface area contributed by atoms with Crippen LogP contribution in [0.3, 0.4) is 0 Å². The average molecular weight is 438 g/mol. The van der Waals surface area contributed by atoms with Crippen LogP contribution in [0.1, 0.15) is 23.6 Å². The molecule has 1 amide bonds. The van der Waals surface area contributed by atoms with Gasteiger partial charge in [-0.1, -0.05) is 60.4 Å². The summed E-state index contributed by atoms with van der Waals surface area (Å²) in [6.45, 7) is 3.06. The second-order valence-corrected chi connectivity index (χ2v) is 9.88. The topological polar surface area (TPSA) is 45.6 Å². The predicted molar refractivity (Wildman–Crippen MR) is 123 cm³/mol. The first kappa shape index (κ1) is 19.6. The van der Waals surface area contributed by atoms with Crippen molar-refractivity contribution in [2.45, 2.75) is 25.3 Å².